The van der Waals surface area contributed by atoms with Crippen molar-refractivity contribution in [1.82, 2.24) is 9.29 Å². The molecule has 0 bridgehead atoms. The van der Waals surface area contributed by atoms with Crippen molar-refractivity contribution < 1.29 is 0 Å². The highest BCUT2D eigenvalue weighted by atomic mass is 32.2. The van der Waals surface area contributed by atoms with Crippen molar-refractivity contribution in [3.8, 4) is 0 Å². The molecule has 2 rings (SSSR count). The van der Waals surface area contributed by atoms with Crippen LogP contribution in [-0.4, -0.2) is 22.4 Å². The summed E-state index contributed by atoms with van der Waals surface area (Å²) in [6.07, 6.45) is 0. The fraction of sp³-hybridized carbons (Fsp3) is 0.364. The fourth-order valence-electron chi connectivity index (χ4n) is 1.35. The van der Waals surface area contributed by atoms with Gasteiger partial charge in [-0.3, -0.25) is 0 Å². The van der Waals surface area contributed by atoms with Gasteiger partial charge in [0.1, 0.15) is 0 Å². The van der Waals surface area contributed by atoms with Crippen LogP contribution in [0.1, 0.15) is 13.8 Å². The summed E-state index contributed by atoms with van der Waals surface area (Å²) in [4.78, 5) is 4.59. The number of benzene rings is 1. The zero-order valence-corrected chi connectivity index (χ0v) is 10.6. The molecule has 0 amide bonds. The van der Waals surface area contributed by atoms with Gasteiger partial charge < -0.3 is 0 Å². The van der Waals surface area contributed by atoms with Crippen molar-refractivity contribution in [2.75, 3.05) is 13.1 Å². The molecule has 0 spiro atoms. The number of aromatic nitrogens is 1. The highest BCUT2D eigenvalue weighted by Crippen LogP contribution is 2.30. The summed E-state index contributed by atoms with van der Waals surface area (Å²) in [5.41, 5.74) is 1.11. The average molecular weight is 238 g/mol. The number of thiazole rings is 1. The summed E-state index contributed by atoms with van der Waals surface area (Å²) in [7, 11) is 0. The predicted molar refractivity (Wildman–Crippen MR) is 68.4 cm³/mol. The summed E-state index contributed by atoms with van der Waals surface area (Å²) in [5.74, 6) is 0. The summed E-state index contributed by atoms with van der Waals surface area (Å²) in [5, 5.41) is 0. The van der Waals surface area contributed by atoms with Gasteiger partial charge in [-0.25, -0.2) is 9.29 Å². The third-order valence-corrected chi connectivity index (χ3v) is 4.51. The lowest BCUT2D eigenvalue weighted by molar-refractivity contribution is 0.525. The first-order chi connectivity index (χ1) is 7.33. The molecule has 1 aromatic carbocycles. The van der Waals surface area contributed by atoms with Gasteiger partial charge in [-0.15, -0.1) is 11.3 Å². The van der Waals surface area contributed by atoms with E-state index < -0.39 is 0 Å². The van der Waals surface area contributed by atoms with E-state index in [-0.39, 0.29) is 0 Å². The maximum absolute atomic E-state index is 4.59. The summed E-state index contributed by atoms with van der Waals surface area (Å²) >= 11 is 3.52. The van der Waals surface area contributed by atoms with E-state index in [2.05, 4.69) is 41.3 Å². The minimum atomic E-state index is 1.05. The molecule has 0 saturated heterocycles. The minimum absolute atomic E-state index is 1.05. The Labute approximate surface area is 98.5 Å². The van der Waals surface area contributed by atoms with E-state index in [1.807, 2.05) is 6.07 Å². The van der Waals surface area contributed by atoms with E-state index in [1.165, 1.54) is 4.70 Å². The molecule has 0 atom stereocenters. The van der Waals surface area contributed by atoms with Gasteiger partial charge in [0, 0.05) is 13.1 Å². The third-order valence-electron chi connectivity index (χ3n) is 2.19. The van der Waals surface area contributed by atoms with Gasteiger partial charge in [0.05, 0.1) is 10.2 Å². The van der Waals surface area contributed by atoms with E-state index in [0.717, 1.165) is 22.9 Å². The van der Waals surface area contributed by atoms with E-state index in [0.29, 0.717) is 0 Å². The third kappa shape index (κ3) is 2.51. The molecule has 0 aliphatic rings. The second-order valence-electron chi connectivity index (χ2n) is 3.15. The van der Waals surface area contributed by atoms with Gasteiger partial charge in [0.15, 0.2) is 4.34 Å². The van der Waals surface area contributed by atoms with Crippen molar-refractivity contribution in [3.63, 3.8) is 0 Å². The maximum atomic E-state index is 4.59. The lowest BCUT2D eigenvalue weighted by Crippen LogP contribution is -2.13. The van der Waals surface area contributed by atoms with Crippen molar-refractivity contribution in [2.45, 2.75) is 18.2 Å². The van der Waals surface area contributed by atoms with Crippen LogP contribution >= 0.6 is 23.3 Å². The van der Waals surface area contributed by atoms with Crippen molar-refractivity contribution in [1.29, 1.82) is 0 Å². The Morgan fingerprint density at radius 2 is 2.00 bits per heavy atom. The van der Waals surface area contributed by atoms with Gasteiger partial charge in [0.25, 0.3) is 0 Å². The predicted octanol–water partition coefficient (Wildman–Crippen LogP) is 3.65. The van der Waals surface area contributed by atoms with Gasteiger partial charge in [-0.1, -0.05) is 26.0 Å². The largest absolute Gasteiger partial charge is 0.245 e. The Morgan fingerprint density at radius 3 is 2.67 bits per heavy atom. The first-order valence-electron chi connectivity index (χ1n) is 5.12. The first kappa shape index (κ1) is 10.9. The van der Waals surface area contributed by atoms with Gasteiger partial charge in [-0.2, -0.15) is 0 Å². The lowest BCUT2D eigenvalue weighted by Gasteiger charge is -2.13. The number of rotatable bonds is 4. The zero-order valence-electron chi connectivity index (χ0n) is 8.93. The standard InChI is InChI=1S/C11H14N2S2/c1-3-13(4-2)15-11-12-9-7-5-6-8-10(9)14-11/h5-8H,3-4H2,1-2H3. The van der Waals surface area contributed by atoms with Gasteiger partial charge in [0.2, 0.25) is 0 Å². The fourth-order valence-corrected chi connectivity index (χ4v) is 3.40. The molecule has 0 aliphatic heterocycles. The number of nitrogens with zero attached hydrogens (tertiary/aromatic N) is 2. The SMILES string of the molecule is CCN(CC)Sc1nc2ccccc2s1. The molecular weight excluding hydrogens is 224 g/mol. The van der Waals surface area contributed by atoms with E-state index >= 15 is 0 Å². The van der Waals surface area contributed by atoms with Crippen LogP contribution in [0.4, 0.5) is 0 Å². The minimum Gasteiger partial charge on any atom is -0.245 e. The molecule has 4 heteroatoms. The topological polar surface area (TPSA) is 16.1 Å². The van der Waals surface area contributed by atoms with Gasteiger partial charge >= 0.3 is 0 Å². The molecule has 1 heterocycles. The lowest BCUT2D eigenvalue weighted by atomic mass is 10.3. The summed E-state index contributed by atoms with van der Waals surface area (Å²) in [6.45, 7) is 6.45. The number of para-hydroxylation sites is 1. The Balaban J connectivity index is 2.21. The summed E-state index contributed by atoms with van der Waals surface area (Å²) in [6, 6.07) is 8.29. The van der Waals surface area contributed by atoms with E-state index in [1.54, 1.807) is 23.3 Å². The van der Waals surface area contributed by atoms with Gasteiger partial charge in [-0.05, 0) is 24.1 Å². The highest BCUT2D eigenvalue weighted by molar-refractivity contribution is 7.98. The van der Waals surface area contributed by atoms with Crippen LogP contribution in [0.15, 0.2) is 28.6 Å². The monoisotopic (exact) mass is 238 g/mol. The average Bonchev–Trinajstić information content (AvgIpc) is 2.68. The van der Waals surface area contributed by atoms with Crippen LogP contribution in [0.5, 0.6) is 0 Å². The molecular formula is C11H14N2S2. The Morgan fingerprint density at radius 1 is 1.27 bits per heavy atom. The second-order valence-corrected chi connectivity index (χ2v) is 5.53. The molecule has 80 valence electrons. The molecule has 15 heavy (non-hydrogen) atoms. The molecule has 1 aromatic heterocycles. The van der Waals surface area contributed by atoms with Crippen molar-refractivity contribution >= 4 is 33.5 Å². The van der Waals surface area contributed by atoms with Crippen molar-refractivity contribution in [3.05, 3.63) is 24.3 Å². The molecule has 0 fully saturated rings. The Bertz CT molecular complexity index is 402. The van der Waals surface area contributed by atoms with Crippen LogP contribution in [0.2, 0.25) is 0 Å². The quantitative estimate of drug-likeness (QED) is 0.756. The van der Waals surface area contributed by atoms with Crippen LogP contribution in [0, 0.1) is 0 Å². The van der Waals surface area contributed by atoms with Crippen LogP contribution in [0.25, 0.3) is 10.2 Å². The molecule has 0 unspecified atom stereocenters. The molecule has 0 radical (unpaired) electrons. The molecule has 0 aliphatic carbocycles. The van der Waals surface area contributed by atoms with Crippen LogP contribution in [-0.2, 0) is 0 Å². The van der Waals surface area contributed by atoms with E-state index in [4.69, 9.17) is 0 Å². The summed E-state index contributed by atoms with van der Waals surface area (Å²) < 4.78 is 4.71. The number of hydrogen-bond donors (Lipinski definition) is 0. The van der Waals surface area contributed by atoms with Crippen LogP contribution in [0.3, 0.4) is 0 Å². The zero-order chi connectivity index (χ0) is 10.7. The number of fused-ring (bicyclic) bond motifs is 1. The van der Waals surface area contributed by atoms with Crippen LogP contribution < -0.4 is 0 Å². The normalized spacial score (nSPS) is 11.4. The second kappa shape index (κ2) is 4.96. The highest BCUT2D eigenvalue weighted by Gasteiger charge is 2.07. The first-order valence-corrected chi connectivity index (χ1v) is 6.71. The Hall–Kier alpha value is -0.580. The molecule has 0 N–H and O–H groups in total. The smallest absolute Gasteiger partial charge is 0.166 e. The van der Waals surface area contributed by atoms with Crippen molar-refractivity contribution in [2.24, 2.45) is 0 Å². The molecule has 2 nitrogen and oxygen atoms in total. The number of hydrogen-bond acceptors (Lipinski definition) is 4. The Kier molecular flexibility index (Phi) is 3.61. The molecule has 0 saturated carbocycles. The maximum Gasteiger partial charge on any atom is 0.166 e. The molecule has 2 aromatic rings. The van der Waals surface area contributed by atoms with E-state index in [9.17, 15) is 0 Å².